The molecule has 0 unspecified atom stereocenters. The van der Waals surface area contributed by atoms with E-state index < -0.39 is 5.54 Å². The SMILES string of the molecule is Cc1ccncc1C(=O)N1CC(CC2=CNCC(N3C(=O)c4ccc(C#N)cc4C3(C)C)=C2)C1. The van der Waals surface area contributed by atoms with E-state index in [1.54, 1.807) is 24.5 Å². The molecule has 2 aromatic rings. The Morgan fingerprint density at radius 1 is 1.29 bits per heavy atom. The Morgan fingerprint density at radius 3 is 2.82 bits per heavy atom. The zero-order valence-corrected chi connectivity index (χ0v) is 19.6. The Bertz CT molecular complexity index is 1290. The maximum atomic E-state index is 13.3. The van der Waals surface area contributed by atoms with E-state index in [4.69, 9.17) is 0 Å². The molecule has 0 bridgehead atoms. The fourth-order valence-electron chi connectivity index (χ4n) is 5.20. The fourth-order valence-corrected chi connectivity index (χ4v) is 5.20. The van der Waals surface area contributed by atoms with Gasteiger partial charge in [0.1, 0.15) is 0 Å². The number of allylic oxidation sites excluding steroid dienone is 2. The Balaban J connectivity index is 1.28. The molecule has 4 heterocycles. The van der Waals surface area contributed by atoms with Crippen molar-refractivity contribution in [3.63, 3.8) is 0 Å². The van der Waals surface area contributed by atoms with Crippen molar-refractivity contribution in [1.29, 1.82) is 5.26 Å². The summed E-state index contributed by atoms with van der Waals surface area (Å²) >= 11 is 0. The fraction of sp³-hybridized carbons (Fsp3) is 0.333. The minimum absolute atomic E-state index is 0.0349. The second kappa shape index (κ2) is 8.14. The number of benzene rings is 1. The van der Waals surface area contributed by atoms with E-state index in [0.717, 1.165) is 28.8 Å². The largest absolute Gasteiger partial charge is 0.385 e. The Hall–Kier alpha value is -3.92. The van der Waals surface area contributed by atoms with Crippen LogP contribution in [-0.2, 0) is 5.54 Å². The average Bonchev–Trinajstić information content (AvgIpc) is 3.00. The van der Waals surface area contributed by atoms with Crippen LogP contribution in [0.2, 0.25) is 0 Å². The first kappa shape index (κ1) is 21.9. The van der Waals surface area contributed by atoms with Crippen molar-refractivity contribution < 1.29 is 9.59 Å². The number of nitrogens with zero attached hydrogens (tertiary/aromatic N) is 4. The maximum absolute atomic E-state index is 13.3. The predicted octanol–water partition coefficient (Wildman–Crippen LogP) is 3.49. The number of aromatic nitrogens is 1. The van der Waals surface area contributed by atoms with Crippen molar-refractivity contribution in [3.8, 4) is 6.07 Å². The summed E-state index contributed by atoms with van der Waals surface area (Å²) < 4.78 is 0. The van der Waals surface area contributed by atoms with Gasteiger partial charge in [-0.2, -0.15) is 5.26 Å². The topological polar surface area (TPSA) is 89.3 Å². The number of fused-ring (bicyclic) bond motifs is 1. The molecule has 7 nitrogen and oxygen atoms in total. The highest BCUT2D eigenvalue weighted by Gasteiger charge is 2.45. The summed E-state index contributed by atoms with van der Waals surface area (Å²) in [6.07, 6.45) is 8.28. The number of amides is 2. The highest BCUT2D eigenvalue weighted by molar-refractivity contribution is 6.01. The molecular weight excluding hydrogens is 426 g/mol. The molecule has 0 spiro atoms. The molecule has 0 atom stereocenters. The molecule has 0 aliphatic carbocycles. The number of hydrogen-bond donors (Lipinski definition) is 1. The van der Waals surface area contributed by atoms with Crippen LogP contribution in [0.4, 0.5) is 0 Å². The van der Waals surface area contributed by atoms with Crippen LogP contribution in [0, 0.1) is 24.2 Å². The third-order valence-corrected chi connectivity index (χ3v) is 7.05. The Kier molecular flexibility index (Phi) is 5.24. The summed E-state index contributed by atoms with van der Waals surface area (Å²) in [4.78, 5) is 33.9. The minimum Gasteiger partial charge on any atom is -0.385 e. The molecule has 0 saturated carbocycles. The molecular formula is C27H27N5O2. The quantitative estimate of drug-likeness (QED) is 0.766. The molecule has 1 aromatic carbocycles. The predicted molar refractivity (Wildman–Crippen MR) is 128 cm³/mol. The van der Waals surface area contributed by atoms with Gasteiger partial charge in [-0.3, -0.25) is 14.6 Å². The van der Waals surface area contributed by atoms with Crippen LogP contribution in [0.1, 0.15) is 57.7 Å². The van der Waals surface area contributed by atoms with Crippen LogP contribution in [0.15, 0.2) is 60.2 Å². The molecule has 1 saturated heterocycles. The van der Waals surface area contributed by atoms with E-state index in [1.807, 2.05) is 48.9 Å². The summed E-state index contributed by atoms with van der Waals surface area (Å²) in [6, 6.07) is 9.31. The first-order valence-corrected chi connectivity index (χ1v) is 11.5. The van der Waals surface area contributed by atoms with Crippen molar-refractivity contribution in [1.82, 2.24) is 20.1 Å². The number of nitriles is 1. The summed E-state index contributed by atoms with van der Waals surface area (Å²) in [7, 11) is 0. The average molecular weight is 454 g/mol. The van der Waals surface area contributed by atoms with Crippen LogP contribution in [0.3, 0.4) is 0 Å². The van der Waals surface area contributed by atoms with Gasteiger partial charge in [-0.05, 0) is 80.2 Å². The van der Waals surface area contributed by atoms with Crippen molar-refractivity contribution in [3.05, 3.63) is 88.0 Å². The molecule has 0 radical (unpaired) electrons. The van der Waals surface area contributed by atoms with E-state index in [-0.39, 0.29) is 11.8 Å². The third-order valence-electron chi connectivity index (χ3n) is 7.05. The van der Waals surface area contributed by atoms with Gasteiger partial charge in [0.15, 0.2) is 0 Å². The van der Waals surface area contributed by atoms with E-state index in [9.17, 15) is 14.9 Å². The number of hydrogen-bond acceptors (Lipinski definition) is 5. The monoisotopic (exact) mass is 453 g/mol. The number of carbonyl (C=O) groups is 2. The van der Waals surface area contributed by atoms with Gasteiger partial charge in [0, 0.05) is 42.9 Å². The van der Waals surface area contributed by atoms with Gasteiger partial charge in [0.25, 0.3) is 11.8 Å². The van der Waals surface area contributed by atoms with E-state index in [2.05, 4.69) is 22.4 Å². The van der Waals surface area contributed by atoms with Gasteiger partial charge >= 0.3 is 0 Å². The normalized spacial score (nSPS) is 18.9. The van der Waals surface area contributed by atoms with Gasteiger partial charge in [-0.25, -0.2) is 0 Å². The molecule has 1 N–H and O–H groups in total. The molecule has 1 aromatic heterocycles. The standard InChI is InChI=1S/C27H27N5O2/c1-17-6-7-29-14-23(17)25(33)31-15-20(16-31)8-19-9-21(13-30-12-19)32-26(34)22-5-4-18(11-28)10-24(22)27(32,2)3/h4-7,9-10,12,14,20,30H,8,13,15-16H2,1-3H3. The van der Waals surface area contributed by atoms with E-state index in [0.29, 0.717) is 42.2 Å². The van der Waals surface area contributed by atoms with Crippen molar-refractivity contribution in [2.75, 3.05) is 19.6 Å². The van der Waals surface area contributed by atoms with Gasteiger partial charge in [-0.1, -0.05) is 0 Å². The number of pyridine rings is 1. The van der Waals surface area contributed by atoms with Crippen LogP contribution >= 0.6 is 0 Å². The highest BCUT2D eigenvalue weighted by atomic mass is 16.2. The smallest absolute Gasteiger partial charge is 0.259 e. The molecule has 7 heteroatoms. The molecule has 172 valence electrons. The third kappa shape index (κ3) is 3.56. The summed E-state index contributed by atoms with van der Waals surface area (Å²) in [5.74, 6) is 0.376. The lowest BCUT2D eigenvalue weighted by atomic mass is 9.89. The first-order valence-electron chi connectivity index (χ1n) is 11.5. The van der Waals surface area contributed by atoms with Crippen molar-refractivity contribution in [2.45, 2.75) is 32.7 Å². The number of likely N-dealkylation sites (tertiary alicyclic amines) is 1. The second-order valence-electron chi connectivity index (χ2n) is 9.78. The summed E-state index contributed by atoms with van der Waals surface area (Å²) in [5, 5.41) is 12.6. The van der Waals surface area contributed by atoms with Crippen LogP contribution in [-0.4, -0.2) is 46.2 Å². The Labute approximate surface area is 199 Å². The van der Waals surface area contributed by atoms with Gasteiger partial charge in [0.2, 0.25) is 0 Å². The minimum atomic E-state index is -0.545. The molecule has 3 aliphatic heterocycles. The van der Waals surface area contributed by atoms with Crippen LogP contribution in [0.5, 0.6) is 0 Å². The molecule has 3 aliphatic rings. The molecule has 1 fully saturated rings. The summed E-state index contributed by atoms with van der Waals surface area (Å²) in [6.45, 7) is 7.96. The number of nitrogens with one attached hydrogen (secondary N) is 1. The van der Waals surface area contributed by atoms with Crippen LogP contribution < -0.4 is 5.32 Å². The Morgan fingerprint density at radius 2 is 2.09 bits per heavy atom. The van der Waals surface area contributed by atoms with Gasteiger partial charge < -0.3 is 15.1 Å². The number of dihydropyridines is 1. The lowest BCUT2D eigenvalue weighted by Gasteiger charge is -2.40. The zero-order valence-electron chi connectivity index (χ0n) is 19.6. The lowest BCUT2D eigenvalue weighted by Crippen LogP contribution is -2.50. The second-order valence-corrected chi connectivity index (χ2v) is 9.78. The van der Waals surface area contributed by atoms with Gasteiger partial charge in [-0.15, -0.1) is 0 Å². The lowest BCUT2D eigenvalue weighted by molar-refractivity contribution is 0.0499. The number of aryl methyl sites for hydroxylation is 1. The molecule has 5 rings (SSSR count). The maximum Gasteiger partial charge on any atom is 0.259 e. The molecule has 34 heavy (non-hydrogen) atoms. The summed E-state index contributed by atoms with van der Waals surface area (Å²) in [5.41, 5.74) is 5.19. The highest BCUT2D eigenvalue weighted by Crippen LogP contribution is 2.42. The first-order chi connectivity index (χ1) is 16.3. The van der Waals surface area contributed by atoms with E-state index in [1.165, 1.54) is 0 Å². The molecule has 2 amide bonds. The van der Waals surface area contributed by atoms with Crippen molar-refractivity contribution in [2.24, 2.45) is 5.92 Å². The number of rotatable bonds is 4. The number of carbonyl (C=O) groups excluding carboxylic acids is 2. The van der Waals surface area contributed by atoms with E-state index >= 15 is 0 Å². The van der Waals surface area contributed by atoms with Crippen LogP contribution in [0.25, 0.3) is 0 Å². The van der Waals surface area contributed by atoms with Crippen molar-refractivity contribution >= 4 is 11.8 Å². The zero-order chi connectivity index (χ0) is 24.0. The van der Waals surface area contributed by atoms with Gasteiger partial charge in [0.05, 0.1) is 29.3 Å².